The quantitative estimate of drug-likeness (QED) is 0.836. The highest BCUT2D eigenvalue weighted by molar-refractivity contribution is 6.08. The molecule has 0 bridgehead atoms. The van der Waals surface area contributed by atoms with Gasteiger partial charge >= 0.3 is 6.03 Å². The Hall–Kier alpha value is -1.88. The van der Waals surface area contributed by atoms with E-state index < -0.39 is 5.54 Å². The minimum atomic E-state index is -0.661. The van der Waals surface area contributed by atoms with E-state index in [9.17, 15) is 9.59 Å². The number of carbonyl (C=O) groups excluding carboxylic acids is 2. The van der Waals surface area contributed by atoms with Crippen LogP contribution in [-0.4, -0.2) is 36.0 Å². The molecule has 0 aromatic heterocycles. The number of nitrogens with zero attached hydrogens (tertiary/aromatic N) is 1. The molecule has 1 aliphatic heterocycles. The van der Waals surface area contributed by atoms with Crippen molar-refractivity contribution in [3.05, 3.63) is 35.9 Å². The second kappa shape index (κ2) is 5.06. The number of rotatable bonds is 4. The molecule has 4 rings (SSSR count). The van der Waals surface area contributed by atoms with Gasteiger partial charge in [0.2, 0.25) is 0 Å². The van der Waals surface area contributed by atoms with E-state index in [1.165, 1.54) is 24.8 Å². The Labute approximate surface area is 136 Å². The number of urea groups is 1. The summed E-state index contributed by atoms with van der Waals surface area (Å²) in [7, 11) is 1.94. The van der Waals surface area contributed by atoms with Crippen LogP contribution in [0.3, 0.4) is 0 Å². The molecule has 5 heteroatoms. The number of benzene rings is 1. The maximum atomic E-state index is 12.5. The molecule has 3 fully saturated rings. The summed E-state index contributed by atoms with van der Waals surface area (Å²) in [5, 5.41) is 5.95. The molecule has 122 valence electrons. The topological polar surface area (TPSA) is 61.4 Å². The van der Waals surface area contributed by atoms with E-state index in [0.717, 1.165) is 0 Å². The Bertz CT molecular complexity index is 633. The number of nitrogens with one attached hydrogen (secondary N) is 2. The third-order valence-corrected chi connectivity index (χ3v) is 6.06. The summed E-state index contributed by atoms with van der Waals surface area (Å²) in [5.41, 5.74) is 0.302. The lowest BCUT2D eigenvalue weighted by molar-refractivity contribution is -0.137. The molecule has 0 unspecified atom stereocenters. The number of hydrogen-bond donors (Lipinski definition) is 2. The fraction of sp³-hybridized carbons (Fsp3) is 0.556. The summed E-state index contributed by atoms with van der Waals surface area (Å²) < 4.78 is 0. The monoisotopic (exact) mass is 313 g/mol. The van der Waals surface area contributed by atoms with E-state index >= 15 is 0 Å². The normalized spacial score (nSPS) is 33.5. The van der Waals surface area contributed by atoms with E-state index in [-0.39, 0.29) is 17.5 Å². The molecule has 2 N–H and O–H groups in total. The number of imide groups is 1. The molecule has 1 spiro atoms. The molecule has 1 aromatic carbocycles. The van der Waals surface area contributed by atoms with Gasteiger partial charge in [-0.25, -0.2) is 4.79 Å². The highest BCUT2D eigenvalue weighted by Crippen LogP contribution is 2.53. The maximum absolute atomic E-state index is 12.5. The number of hydrogen-bond acceptors (Lipinski definition) is 3. The number of carbonyl (C=O) groups is 2. The first-order chi connectivity index (χ1) is 11.1. The van der Waals surface area contributed by atoms with Gasteiger partial charge in [-0.1, -0.05) is 36.8 Å². The standard InChI is InChI=1S/C18H23N3O2/c1-19-17(14-8-3-2-4-9-14)11-18(12-17)15(22)20-16(23)21(18)10-13-6-5-7-13/h2-4,8-9,13,19H,5-7,10-12H2,1H3,(H,20,22,23). The molecule has 1 saturated heterocycles. The highest BCUT2D eigenvalue weighted by Gasteiger charge is 2.66. The van der Waals surface area contributed by atoms with Crippen LogP contribution in [0.5, 0.6) is 0 Å². The van der Waals surface area contributed by atoms with Crippen molar-refractivity contribution >= 4 is 11.9 Å². The van der Waals surface area contributed by atoms with Crippen LogP contribution >= 0.6 is 0 Å². The van der Waals surface area contributed by atoms with Crippen LogP contribution in [-0.2, 0) is 10.3 Å². The lowest BCUT2D eigenvalue weighted by Crippen LogP contribution is -2.69. The lowest BCUT2D eigenvalue weighted by Gasteiger charge is -2.56. The Morgan fingerprint density at radius 1 is 1.22 bits per heavy atom. The van der Waals surface area contributed by atoms with Gasteiger partial charge in [0.25, 0.3) is 5.91 Å². The number of amides is 3. The summed E-state index contributed by atoms with van der Waals surface area (Å²) in [6.45, 7) is 0.714. The van der Waals surface area contributed by atoms with Crippen LogP contribution in [0.25, 0.3) is 0 Å². The summed E-state index contributed by atoms with van der Waals surface area (Å²) in [5.74, 6) is 0.438. The maximum Gasteiger partial charge on any atom is 0.325 e. The van der Waals surface area contributed by atoms with Gasteiger partial charge in [0, 0.05) is 24.9 Å². The van der Waals surface area contributed by atoms with Crippen LogP contribution in [0.1, 0.15) is 37.7 Å². The SMILES string of the molecule is CNC1(c2ccccc2)CC2(C1)C(=O)NC(=O)N2CC1CCC1. The molecule has 5 nitrogen and oxygen atoms in total. The van der Waals surface area contributed by atoms with Crippen LogP contribution in [0.4, 0.5) is 4.79 Å². The molecule has 1 aromatic rings. The van der Waals surface area contributed by atoms with Crippen molar-refractivity contribution in [2.75, 3.05) is 13.6 Å². The van der Waals surface area contributed by atoms with Gasteiger partial charge in [-0.05, 0) is 31.4 Å². The fourth-order valence-electron chi connectivity index (χ4n) is 4.37. The minimum absolute atomic E-state index is 0.122. The van der Waals surface area contributed by atoms with Crippen molar-refractivity contribution in [3.8, 4) is 0 Å². The van der Waals surface area contributed by atoms with Crippen molar-refractivity contribution in [1.29, 1.82) is 0 Å². The predicted octanol–water partition coefficient (Wildman–Crippen LogP) is 1.99. The van der Waals surface area contributed by atoms with Crippen molar-refractivity contribution in [2.24, 2.45) is 5.92 Å². The van der Waals surface area contributed by atoms with Crippen molar-refractivity contribution in [3.63, 3.8) is 0 Å². The highest BCUT2D eigenvalue weighted by atomic mass is 16.2. The fourth-order valence-corrected chi connectivity index (χ4v) is 4.37. The summed E-state index contributed by atoms with van der Waals surface area (Å²) in [6, 6.07) is 10.0. The van der Waals surface area contributed by atoms with Crippen molar-refractivity contribution in [1.82, 2.24) is 15.5 Å². The van der Waals surface area contributed by atoms with E-state index in [1.54, 1.807) is 0 Å². The van der Waals surface area contributed by atoms with Gasteiger partial charge < -0.3 is 10.2 Å². The third kappa shape index (κ3) is 2.02. The Morgan fingerprint density at radius 2 is 1.91 bits per heavy atom. The van der Waals surface area contributed by atoms with Gasteiger partial charge in [0.05, 0.1) is 0 Å². The molecule has 3 aliphatic rings. The van der Waals surface area contributed by atoms with Crippen molar-refractivity contribution in [2.45, 2.75) is 43.2 Å². The van der Waals surface area contributed by atoms with E-state index in [1.807, 2.05) is 30.1 Å². The molecule has 3 amide bonds. The van der Waals surface area contributed by atoms with Crippen molar-refractivity contribution < 1.29 is 9.59 Å². The zero-order valence-corrected chi connectivity index (χ0v) is 13.5. The molecule has 23 heavy (non-hydrogen) atoms. The van der Waals surface area contributed by atoms with Crippen LogP contribution in [0.15, 0.2) is 30.3 Å². The lowest BCUT2D eigenvalue weighted by atomic mass is 9.59. The van der Waals surface area contributed by atoms with Gasteiger partial charge in [0.15, 0.2) is 0 Å². The van der Waals surface area contributed by atoms with Gasteiger partial charge in [-0.3, -0.25) is 10.1 Å². The van der Waals surface area contributed by atoms with Gasteiger partial charge in [-0.15, -0.1) is 0 Å². The Morgan fingerprint density at radius 3 is 2.48 bits per heavy atom. The first kappa shape index (κ1) is 14.7. The van der Waals surface area contributed by atoms with E-state index in [2.05, 4.69) is 22.8 Å². The zero-order valence-electron chi connectivity index (χ0n) is 13.5. The molecule has 2 saturated carbocycles. The molecule has 0 radical (unpaired) electrons. The molecular formula is C18H23N3O2. The van der Waals surface area contributed by atoms with E-state index in [4.69, 9.17) is 0 Å². The molecular weight excluding hydrogens is 290 g/mol. The predicted molar refractivity (Wildman–Crippen MR) is 86.7 cm³/mol. The largest absolute Gasteiger partial charge is 0.325 e. The second-order valence-corrected chi connectivity index (χ2v) is 7.25. The molecule has 0 atom stereocenters. The smallest absolute Gasteiger partial charge is 0.310 e. The molecule has 1 heterocycles. The summed E-state index contributed by atoms with van der Waals surface area (Å²) in [4.78, 5) is 26.6. The molecule has 2 aliphatic carbocycles. The Kier molecular flexibility index (Phi) is 3.23. The summed E-state index contributed by atoms with van der Waals surface area (Å²) in [6.07, 6.45) is 4.87. The Balaban J connectivity index is 1.60. The first-order valence-electron chi connectivity index (χ1n) is 8.47. The zero-order chi connectivity index (χ0) is 16.1. The minimum Gasteiger partial charge on any atom is -0.310 e. The second-order valence-electron chi connectivity index (χ2n) is 7.25. The van der Waals surface area contributed by atoms with Gasteiger partial charge in [0.1, 0.15) is 5.54 Å². The van der Waals surface area contributed by atoms with Gasteiger partial charge in [-0.2, -0.15) is 0 Å². The average molecular weight is 313 g/mol. The van der Waals surface area contributed by atoms with E-state index in [0.29, 0.717) is 25.3 Å². The third-order valence-electron chi connectivity index (χ3n) is 6.06. The van der Waals surface area contributed by atoms with Crippen LogP contribution in [0, 0.1) is 5.92 Å². The average Bonchev–Trinajstić information content (AvgIpc) is 2.72. The van der Waals surface area contributed by atoms with Crippen LogP contribution < -0.4 is 10.6 Å². The van der Waals surface area contributed by atoms with Crippen LogP contribution in [0.2, 0.25) is 0 Å². The first-order valence-corrected chi connectivity index (χ1v) is 8.47. The summed E-state index contributed by atoms with van der Waals surface area (Å²) >= 11 is 0.